The van der Waals surface area contributed by atoms with E-state index in [4.69, 9.17) is 10.2 Å². The van der Waals surface area contributed by atoms with E-state index in [0.29, 0.717) is 0 Å². The minimum atomic E-state index is -0.749. The maximum atomic E-state index is 11.2. The first-order chi connectivity index (χ1) is 7.69. The number of benzene rings is 1. The van der Waals surface area contributed by atoms with Gasteiger partial charge in [-0.15, -0.1) is 0 Å². The van der Waals surface area contributed by atoms with Crippen molar-refractivity contribution in [1.29, 1.82) is 0 Å². The Hall–Kier alpha value is -0.920. The van der Waals surface area contributed by atoms with Crippen LogP contribution in [0.3, 0.4) is 0 Å². The van der Waals surface area contributed by atoms with Crippen molar-refractivity contribution in [2.45, 2.75) is 0 Å². The summed E-state index contributed by atoms with van der Waals surface area (Å²) in [6.07, 6.45) is 0. The van der Waals surface area contributed by atoms with Crippen molar-refractivity contribution >= 4 is 41.5 Å². The summed E-state index contributed by atoms with van der Waals surface area (Å²) in [4.78, 5) is 22.4. The molecule has 7 heteroatoms. The standard InChI is InChI=1S/C10H10O6.Na.H/c11-5-15-9(13)7-2-1-3-8(4-7)10(14)16-6-12;;/h1-4,11-12H,5-6H2;;. The number of hydrogen-bond acceptors (Lipinski definition) is 6. The maximum absolute atomic E-state index is 11.2. The van der Waals surface area contributed by atoms with Crippen molar-refractivity contribution in [2.75, 3.05) is 13.6 Å². The molecular formula is C10H11NaO6. The predicted octanol–water partition coefficient (Wildman–Crippen LogP) is -0.749. The summed E-state index contributed by atoms with van der Waals surface area (Å²) in [7, 11) is 0. The number of carbonyl (C=O) groups is 2. The predicted molar refractivity (Wildman–Crippen MR) is 58.6 cm³/mol. The molecule has 0 radical (unpaired) electrons. The normalized spacial score (nSPS) is 9.06. The molecule has 0 bridgehead atoms. The molecule has 0 amide bonds. The van der Waals surface area contributed by atoms with Gasteiger partial charge in [0.1, 0.15) is 0 Å². The number of ether oxygens (including phenoxy) is 2. The molecule has 0 aliphatic heterocycles. The molecule has 1 aromatic carbocycles. The first-order valence-corrected chi connectivity index (χ1v) is 4.35. The summed E-state index contributed by atoms with van der Waals surface area (Å²) in [6.45, 7) is -1.46. The van der Waals surface area contributed by atoms with Gasteiger partial charge >= 0.3 is 41.5 Å². The second-order valence-corrected chi connectivity index (χ2v) is 2.70. The van der Waals surface area contributed by atoms with Gasteiger partial charge in [-0.25, -0.2) is 9.59 Å². The topological polar surface area (TPSA) is 93.1 Å². The van der Waals surface area contributed by atoms with Crippen LogP contribution < -0.4 is 0 Å². The summed E-state index contributed by atoms with van der Waals surface area (Å²) in [5.74, 6) is -1.50. The fraction of sp³-hybridized carbons (Fsp3) is 0.200. The van der Waals surface area contributed by atoms with E-state index in [9.17, 15) is 9.59 Å². The Morgan fingerprint density at radius 2 is 1.41 bits per heavy atom. The van der Waals surface area contributed by atoms with E-state index in [1.54, 1.807) is 0 Å². The van der Waals surface area contributed by atoms with E-state index >= 15 is 0 Å². The zero-order chi connectivity index (χ0) is 12.0. The molecule has 0 aliphatic rings. The van der Waals surface area contributed by atoms with Gasteiger partial charge in [-0.05, 0) is 18.2 Å². The van der Waals surface area contributed by atoms with Crippen molar-refractivity contribution < 1.29 is 29.3 Å². The van der Waals surface area contributed by atoms with E-state index in [2.05, 4.69) is 9.47 Å². The van der Waals surface area contributed by atoms with Crippen molar-refractivity contribution in [3.63, 3.8) is 0 Å². The molecule has 0 saturated carbocycles. The monoisotopic (exact) mass is 250 g/mol. The van der Waals surface area contributed by atoms with Gasteiger partial charge in [-0.2, -0.15) is 0 Å². The van der Waals surface area contributed by atoms with Crippen LogP contribution in [-0.4, -0.2) is 65.3 Å². The Bertz CT molecular complexity index is 359. The molecule has 2 N–H and O–H groups in total. The second-order valence-electron chi connectivity index (χ2n) is 2.70. The van der Waals surface area contributed by atoms with Crippen molar-refractivity contribution in [1.82, 2.24) is 0 Å². The average molecular weight is 250 g/mol. The summed E-state index contributed by atoms with van der Waals surface area (Å²) >= 11 is 0. The van der Waals surface area contributed by atoms with Crippen LogP contribution >= 0.6 is 0 Å². The molecule has 1 aromatic rings. The molecule has 6 nitrogen and oxygen atoms in total. The van der Waals surface area contributed by atoms with Crippen molar-refractivity contribution in [3.8, 4) is 0 Å². The Kier molecular flexibility index (Phi) is 7.77. The van der Waals surface area contributed by atoms with Gasteiger partial charge in [-0.3, -0.25) is 0 Å². The number of aliphatic hydroxyl groups excluding tert-OH is 2. The van der Waals surface area contributed by atoms with Crippen LogP contribution in [0.4, 0.5) is 0 Å². The van der Waals surface area contributed by atoms with Crippen molar-refractivity contribution in [2.24, 2.45) is 0 Å². The van der Waals surface area contributed by atoms with Crippen LogP contribution in [0.1, 0.15) is 20.7 Å². The number of esters is 2. The van der Waals surface area contributed by atoms with Crippen LogP contribution in [-0.2, 0) is 9.47 Å². The fourth-order valence-corrected chi connectivity index (χ4v) is 1.06. The number of hydrogen-bond donors (Lipinski definition) is 2. The first kappa shape index (κ1) is 16.1. The number of carbonyl (C=O) groups excluding carboxylic acids is 2. The van der Waals surface area contributed by atoms with E-state index in [1.165, 1.54) is 24.3 Å². The minimum absolute atomic E-state index is 0. The summed E-state index contributed by atoms with van der Waals surface area (Å²) in [5.41, 5.74) is 0.225. The fourth-order valence-electron chi connectivity index (χ4n) is 1.06. The number of rotatable bonds is 4. The van der Waals surface area contributed by atoms with Gasteiger partial charge in [0.15, 0.2) is 13.6 Å². The zero-order valence-corrected chi connectivity index (χ0v) is 8.25. The zero-order valence-electron chi connectivity index (χ0n) is 8.25. The van der Waals surface area contributed by atoms with E-state index < -0.39 is 25.5 Å². The van der Waals surface area contributed by atoms with Crippen LogP contribution in [0.15, 0.2) is 24.3 Å². The third kappa shape index (κ3) is 4.84. The van der Waals surface area contributed by atoms with Crippen LogP contribution in [0.5, 0.6) is 0 Å². The Morgan fingerprint density at radius 3 is 1.76 bits per heavy atom. The van der Waals surface area contributed by atoms with E-state index in [1.807, 2.05) is 0 Å². The summed E-state index contributed by atoms with van der Waals surface area (Å²) in [5, 5.41) is 16.8. The molecule has 0 aliphatic carbocycles. The SMILES string of the molecule is O=C(OCO)c1cccc(C(=O)OCO)c1.[NaH]. The van der Waals surface area contributed by atoms with E-state index in [-0.39, 0.29) is 40.7 Å². The van der Waals surface area contributed by atoms with Gasteiger partial charge in [0.2, 0.25) is 0 Å². The van der Waals surface area contributed by atoms with Gasteiger partial charge < -0.3 is 19.7 Å². The molecule has 1 rings (SSSR count). The van der Waals surface area contributed by atoms with Crippen LogP contribution in [0.2, 0.25) is 0 Å². The molecule has 0 atom stereocenters. The quantitative estimate of drug-likeness (QED) is 0.415. The van der Waals surface area contributed by atoms with Crippen LogP contribution in [0, 0.1) is 0 Å². The molecule has 0 unspecified atom stereocenters. The van der Waals surface area contributed by atoms with Gasteiger partial charge in [-0.1, -0.05) is 6.07 Å². The third-order valence-corrected chi connectivity index (χ3v) is 1.73. The molecule has 88 valence electrons. The molecule has 0 heterocycles. The second kappa shape index (κ2) is 8.21. The summed E-state index contributed by atoms with van der Waals surface area (Å²) in [6, 6.07) is 5.55. The average Bonchev–Trinajstić information content (AvgIpc) is 2.30. The molecule has 17 heavy (non-hydrogen) atoms. The third-order valence-electron chi connectivity index (χ3n) is 1.73. The van der Waals surface area contributed by atoms with Crippen molar-refractivity contribution in [3.05, 3.63) is 35.4 Å². The van der Waals surface area contributed by atoms with Gasteiger partial charge in [0.05, 0.1) is 11.1 Å². The Morgan fingerprint density at radius 1 is 1.00 bits per heavy atom. The molecule has 0 saturated heterocycles. The molecule has 0 spiro atoms. The Balaban J connectivity index is 0.00000256. The van der Waals surface area contributed by atoms with Gasteiger partial charge in [0, 0.05) is 0 Å². The first-order valence-electron chi connectivity index (χ1n) is 4.35. The van der Waals surface area contributed by atoms with Crippen LogP contribution in [0.25, 0.3) is 0 Å². The Labute approximate surface area is 119 Å². The van der Waals surface area contributed by atoms with E-state index in [0.717, 1.165) is 0 Å². The molecule has 0 fully saturated rings. The molecule has 0 aromatic heterocycles. The summed E-state index contributed by atoms with van der Waals surface area (Å²) < 4.78 is 8.68. The number of aliphatic hydroxyl groups is 2. The molecular weight excluding hydrogens is 239 g/mol. The van der Waals surface area contributed by atoms with Gasteiger partial charge in [0.25, 0.3) is 0 Å².